The zero-order chi connectivity index (χ0) is 34.4. The van der Waals surface area contributed by atoms with E-state index in [0.29, 0.717) is 59.6 Å². The molecule has 0 bridgehead atoms. The third kappa shape index (κ3) is 6.97. The van der Waals surface area contributed by atoms with Gasteiger partial charge < -0.3 is 24.2 Å². The number of hydrogen-bond acceptors (Lipinski definition) is 7. The van der Waals surface area contributed by atoms with Gasteiger partial charge in [-0.15, -0.1) is 13.2 Å². The van der Waals surface area contributed by atoms with Crippen molar-refractivity contribution in [2.45, 2.75) is 69.5 Å². The molecule has 0 spiro atoms. The summed E-state index contributed by atoms with van der Waals surface area (Å²) in [5.41, 5.74) is 2.92. The molecule has 3 aromatic rings. The van der Waals surface area contributed by atoms with Crippen molar-refractivity contribution in [3.63, 3.8) is 0 Å². The monoisotopic (exact) mass is 675 g/mol. The fraction of sp³-hybridized carbons (Fsp3) is 0.441. The summed E-state index contributed by atoms with van der Waals surface area (Å²) < 4.78 is 81.6. The summed E-state index contributed by atoms with van der Waals surface area (Å²) in [5, 5.41) is 9.44. The molecule has 1 saturated carbocycles. The lowest BCUT2D eigenvalue weighted by Gasteiger charge is -2.39. The van der Waals surface area contributed by atoms with Gasteiger partial charge in [-0.2, -0.15) is 0 Å². The van der Waals surface area contributed by atoms with Gasteiger partial charge in [0, 0.05) is 11.1 Å². The fourth-order valence-corrected chi connectivity index (χ4v) is 6.78. The zero-order valence-electron chi connectivity index (χ0n) is 26.2. The number of methoxy groups -OCH3 is 1. The molecule has 9 nitrogen and oxygen atoms in total. The lowest BCUT2D eigenvalue weighted by Crippen LogP contribution is -2.56. The van der Waals surface area contributed by atoms with Gasteiger partial charge in [-0.1, -0.05) is 18.2 Å². The van der Waals surface area contributed by atoms with E-state index in [1.54, 1.807) is 19.1 Å². The SMILES string of the molecule is COc1ccc(C2CCC(C(=O)O)CC2)cc1-c1ccc(N2CC(F)(F)C2)nc1CN1C(=O)O[C@H](c2cccc(OC(F)(F)F)c2)[C@@H]1C. The van der Waals surface area contributed by atoms with E-state index in [1.807, 2.05) is 18.2 Å². The molecule has 256 valence electrons. The summed E-state index contributed by atoms with van der Waals surface area (Å²) >= 11 is 0. The van der Waals surface area contributed by atoms with E-state index in [4.69, 9.17) is 14.5 Å². The topological polar surface area (TPSA) is 101 Å². The predicted molar refractivity (Wildman–Crippen MR) is 163 cm³/mol. The summed E-state index contributed by atoms with van der Waals surface area (Å²) in [6, 6.07) is 13.7. The number of hydrogen-bond donors (Lipinski definition) is 1. The smallest absolute Gasteiger partial charge is 0.496 e. The predicted octanol–water partition coefficient (Wildman–Crippen LogP) is 7.55. The summed E-state index contributed by atoms with van der Waals surface area (Å²) in [7, 11) is 1.52. The van der Waals surface area contributed by atoms with Crippen molar-refractivity contribution in [3.05, 3.63) is 71.4 Å². The number of anilines is 1. The summed E-state index contributed by atoms with van der Waals surface area (Å²) in [5.74, 6) is -3.52. The van der Waals surface area contributed by atoms with Gasteiger partial charge >= 0.3 is 18.4 Å². The van der Waals surface area contributed by atoms with Gasteiger partial charge in [0.15, 0.2) is 0 Å². The van der Waals surface area contributed by atoms with E-state index in [9.17, 15) is 36.6 Å². The van der Waals surface area contributed by atoms with Crippen molar-refractivity contribution in [2.24, 2.45) is 5.92 Å². The van der Waals surface area contributed by atoms with Gasteiger partial charge in [0.25, 0.3) is 5.92 Å². The minimum Gasteiger partial charge on any atom is -0.496 e. The zero-order valence-corrected chi connectivity index (χ0v) is 26.2. The first-order valence-electron chi connectivity index (χ1n) is 15.6. The highest BCUT2D eigenvalue weighted by Crippen LogP contribution is 2.43. The molecule has 6 rings (SSSR count). The Bertz CT molecular complexity index is 1690. The van der Waals surface area contributed by atoms with Crippen LogP contribution in [-0.2, 0) is 16.1 Å². The third-order valence-corrected chi connectivity index (χ3v) is 9.32. The van der Waals surface area contributed by atoms with E-state index in [2.05, 4.69) is 4.74 Å². The van der Waals surface area contributed by atoms with Crippen LogP contribution >= 0.6 is 0 Å². The van der Waals surface area contributed by atoms with Gasteiger partial charge in [-0.05, 0) is 86.1 Å². The van der Waals surface area contributed by atoms with Crippen molar-refractivity contribution < 1.29 is 50.9 Å². The van der Waals surface area contributed by atoms with E-state index in [0.717, 1.165) is 11.6 Å². The largest absolute Gasteiger partial charge is 0.573 e. The molecule has 0 radical (unpaired) electrons. The minimum absolute atomic E-state index is 0.0975. The summed E-state index contributed by atoms with van der Waals surface area (Å²) in [4.78, 5) is 32.3. The van der Waals surface area contributed by atoms with Crippen LogP contribution in [0.3, 0.4) is 0 Å². The number of cyclic esters (lactones) is 1. The molecular formula is C34H34F5N3O6. The molecule has 2 saturated heterocycles. The first-order valence-corrected chi connectivity index (χ1v) is 15.6. The van der Waals surface area contributed by atoms with Crippen LogP contribution in [0.4, 0.5) is 32.6 Å². The molecule has 0 unspecified atom stereocenters. The van der Waals surface area contributed by atoms with Crippen molar-refractivity contribution in [1.82, 2.24) is 9.88 Å². The number of aromatic nitrogens is 1. The fourth-order valence-electron chi connectivity index (χ4n) is 6.78. The highest BCUT2D eigenvalue weighted by molar-refractivity contribution is 5.76. The van der Waals surface area contributed by atoms with Crippen LogP contribution in [0, 0.1) is 5.92 Å². The Balaban J connectivity index is 1.33. The lowest BCUT2D eigenvalue weighted by molar-refractivity contribution is -0.274. The maximum Gasteiger partial charge on any atom is 0.573 e. The molecule has 48 heavy (non-hydrogen) atoms. The maximum absolute atomic E-state index is 13.8. The number of amides is 1. The van der Waals surface area contributed by atoms with Crippen LogP contribution in [0.15, 0.2) is 54.6 Å². The van der Waals surface area contributed by atoms with Crippen molar-refractivity contribution in [3.8, 4) is 22.6 Å². The summed E-state index contributed by atoms with van der Waals surface area (Å²) in [6.07, 6.45) is -4.03. The Hall–Kier alpha value is -4.62. The molecule has 1 N–H and O–H groups in total. The number of carboxylic acid groups (broad SMARTS) is 1. The van der Waals surface area contributed by atoms with Crippen LogP contribution in [0.5, 0.6) is 11.5 Å². The Morgan fingerprint density at radius 1 is 1.02 bits per heavy atom. The number of benzene rings is 2. The van der Waals surface area contributed by atoms with Crippen LogP contribution in [-0.4, -0.2) is 65.6 Å². The first kappa shape index (κ1) is 33.3. The van der Waals surface area contributed by atoms with Crippen molar-refractivity contribution in [2.75, 3.05) is 25.1 Å². The number of aliphatic carboxylic acids is 1. The average Bonchev–Trinajstić information content (AvgIpc) is 3.31. The molecule has 3 fully saturated rings. The van der Waals surface area contributed by atoms with Crippen LogP contribution < -0.4 is 14.4 Å². The molecule has 1 amide bonds. The Morgan fingerprint density at radius 3 is 2.40 bits per heavy atom. The number of alkyl halides is 5. The number of pyridine rings is 1. The Kier molecular flexibility index (Phi) is 8.86. The van der Waals surface area contributed by atoms with Crippen LogP contribution in [0.2, 0.25) is 0 Å². The number of nitrogens with zero attached hydrogens (tertiary/aromatic N) is 3. The number of carbonyl (C=O) groups excluding carboxylic acids is 1. The lowest BCUT2D eigenvalue weighted by atomic mass is 9.78. The highest BCUT2D eigenvalue weighted by Gasteiger charge is 2.45. The quantitative estimate of drug-likeness (QED) is 0.232. The van der Waals surface area contributed by atoms with Crippen molar-refractivity contribution in [1.29, 1.82) is 0 Å². The van der Waals surface area contributed by atoms with E-state index < -0.39 is 55.3 Å². The van der Waals surface area contributed by atoms with Gasteiger partial charge in [-0.25, -0.2) is 18.6 Å². The minimum atomic E-state index is -4.90. The highest BCUT2D eigenvalue weighted by atomic mass is 19.4. The number of halogens is 5. The Morgan fingerprint density at radius 2 is 1.75 bits per heavy atom. The molecular weight excluding hydrogens is 641 g/mol. The number of rotatable bonds is 9. The van der Waals surface area contributed by atoms with E-state index >= 15 is 0 Å². The molecule has 1 aliphatic carbocycles. The van der Waals surface area contributed by atoms with Gasteiger partial charge in [0.1, 0.15) is 23.4 Å². The second-order valence-corrected chi connectivity index (χ2v) is 12.5. The maximum atomic E-state index is 13.8. The number of carboxylic acids is 1. The second-order valence-electron chi connectivity index (χ2n) is 12.5. The van der Waals surface area contributed by atoms with E-state index in [-0.39, 0.29) is 18.4 Å². The average molecular weight is 676 g/mol. The normalized spacial score (nSPS) is 23.8. The second kappa shape index (κ2) is 12.8. The molecule has 2 aromatic carbocycles. The molecule has 2 atom stereocenters. The molecule has 14 heteroatoms. The van der Waals surface area contributed by atoms with Gasteiger partial charge in [0.2, 0.25) is 0 Å². The molecule has 1 aromatic heterocycles. The number of carbonyl (C=O) groups is 2. The third-order valence-electron chi connectivity index (χ3n) is 9.32. The van der Waals surface area contributed by atoms with Gasteiger partial charge in [-0.3, -0.25) is 9.69 Å². The van der Waals surface area contributed by atoms with E-state index in [1.165, 1.54) is 35.1 Å². The molecule has 3 aliphatic rings. The first-order chi connectivity index (χ1) is 22.7. The Labute approximate surface area is 273 Å². The van der Waals surface area contributed by atoms with Crippen LogP contribution in [0.1, 0.15) is 61.4 Å². The standard InChI is InChI=1S/C34H34F5N3O6/c1-19-30(23-4-3-5-24(14-23)48-34(37,38)39)47-32(45)42(19)16-27-25(11-13-29(40-27)41-17-33(35,36)18-41)26-15-22(10-12-28(26)46-2)20-6-8-21(9-7-20)31(43)44/h3-5,10-15,19-21,30H,6-9,16-18H2,1-2H3,(H,43,44)/t19-,20?,21?,30-/m0/s1. The van der Waals surface area contributed by atoms with Crippen molar-refractivity contribution >= 4 is 17.9 Å². The molecule has 3 heterocycles. The molecule has 2 aliphatic heterocycles. The number of ether oxygens (including phenoxy) is 3. The summed E-state index contributed by atoms with van der Waals surface area (Å²) in [6.45, 7) is 0.592. The van der Waals surface area contributed by atoms with Gasteiger partial charge in [0.05, 0.1) is 44.4 Å². The van der Waals surface area contributed by atoms with Crippen LogP contribution in [0.25, 0.3) is 11.1 Å².